The number of carbonyl (C=O) groups is 1. The van der Waals surface area contributed by atoms with E-state index < -0.39 is 0 Å². The van der Waals surface area contributed by atoms with E-state index in [2.05, 4.69) is 90.9 Å². The van der Waals surface area contributed by atoms with Crippen LogP contribution in [0.3, 0.4) is 0 Å². The molecule has 1 atom stereocenters. The van der Waals surface area contributed by atoms with E-state index in [1.54, 1.807) is 0 Å². The van der Waals surface area contributed by atoms with E-state index in [-0.39, 0.29) is 12.0 Å². The van der Waals surface area contributed by atoms with Gasteiger partial charge in [-0.3, -0.25) is 4.90 Å². The molecule has 0 unspecified atom stereocenters. The maximum absolute atomic E-state index is 12.0. The zero-order chi connectivity index (χ0) is 27.6. The van der Waals surface area contributed by atoms with Gasteiger partial charge in [0.15, 0.2) is 0 Å². The number of esters is 1. The third-order valence-corrected chi connectivity index (χ3v) is 7.32. The molecule has 0 aliphatic carbocycles. The van der Waals surface area contributed by atoms with Crippen molar-refractivity contribution in [3.63, 3.8) is 0 Å². The van der Waals surface area contributed by atoms with Crippen molar-refractivity contribution in [2.45, 2.75) is 65.6 Å². The largest absolute Gasteiger partial charge is 0.465 e. The van der Waals surface area contributed by atoms with Gasteiger partial charge in [-0.2, -0.15) is 0 Å². The number of rotatable bonds is 13. The van der Waals surface area contributed by atoms with Crippen molar-refractivity contribution in [2.75, 3.05) is 13.7 Å². The molecule has 0 spiro atoms. The van der Waals surface area contributed by atoms with Gasteiger partial charge < -0.3 is 9.30 Å². The lowest BCUT2D eigenvalue weighted by atomic mass is 10.0. The highest BCUT2D eigenvalue weighted by Gasteiger charge is 2.27. The maximum Gasteiger partial charge on any atom is 0.337 e. The zero-order valence-corrected chi connectivity index (χ0v) is 23.8. The minimum Gasteiger partial charge on any atom is -0.465 e. The van der Waals surface area contributed by atoms with Crippen LogP contribution in [0.1, 0.15) is 74.1 Å². The fourth-order valence-corrected chi connectivity index (χ4v) is 5.09. The van der Waals surface area contributed by atoms with Crippen molar-refractivity contribution < 1.29 is 9.53 Å². The maximum atomic E-state index is 12.0. The number of methoxy groups -OCH3 is 1. The Morgan fingerprint density at radius 2 is 1.49 bits per heavy atom. The van der Waals surface area contributed by atoms with Gasteiger partial charge in [0.05, 0.1) is 24.1 Å². The monoisotopic (exact) mass is 523 g/mol. The van der Waals surface area contributed by atoms with Crippen LogP contribution in [0.2, 0.25) is 0 Å². The summed E-state index contributed by atoms with van der Waals surface area (Å²) in [5.41, 5.74) is 6.35. The van der Waals surface area contributed by atoms with Gasteiger partial charge in [-0.1, -0.05) is 99.5 Å². The molecule has 0 saturated carbocycles. The highest BCUT2D eigenvalue weighted by Crippen LogP contribution is 2.36. The van der Waals surface area contributed by atoms with Crippen molar-refractivity contribution in [3.8, 4) is 22.6 Å². The van der Waals surface area contributed by atoms with Gasteiger partial charge in [0.1, 0.15) is 5.82 Å². The Labute approximate surface area is 233 Å². The van der Waals surface area contributed by atoms with Crippen molar-refractivity contribution in [1.82, 2.24) is 14.5 Å². The van der Waals surface area contributed by atoms with E-state index in [0.29, 0.717) is 5.56 Å². The Morgan fingerprint density at radius 1 is 0.872 bits per heavy atom. The Bertz CT molecular complexity index is 1310. The predicted molar refractivity (Wildman–Crippen MR) is 160 cm³/mol. The lowest BCUT2D eigenvalue weighted by molar-refractivity contribution is 0.0600. The summed E-state index contributed by atoms with van der Waals surface area (Å²) in [7, 11) is 1.42. The van der Waals surface area contributed by atoms with Crippen LogP contribution in [0.5, 0.6) is 0 Å². The Kier molecular flexibility index (Phi) is 10.1. The van der Waals surface area contributed by atoms with Crippen molar-refractivity contribution >= 4 is 5.97 Å². The molecule has 0 amide bonds. The lowest BCUT2D eigenvalue weighted by Gasteiger charge is -2.31. The van der Waals surface area contributed by atoms with Crippen LogP contribution < -0.4 is 0 Å². The van der Waals surface area contributed by atoms with Crippen molar-refractivity contribution in [3.05, 3.63) is 102 Å². The summed E-state index contributed by atoms with van der Waals surface area (Å²) in [6.07, 6.45) is 4.45. The van der Waals surface area contributed by atoms with E-state index in [1.165, 1.54) is 18.4 Å². The number of hydrogen-bond donors (Lipinski definition) is 0. The number of carbonyl (C=O) groups excluding carboxylic acids is 1. The second-order valence-corrected chi connectivity index (χ2v) is 10.1. The van der Waals surface area contributed by atoms with Gasteiger partial charge in [-0.05, 0) is 44.0 Å². The zero-order valence-electron chi connectivity index (χ0n) is 23.8. The minimum atomic E-state index is -0.307. The number of benzene rings is 3. The molecule has 0 aliphatic rings. The van der Waals surface area contributed by atoms with Gasteiger partial charge in [0.25, 0.3) is 0 Å². The van der Waals surface area contributed by atoms with Crippen LogP contribution >= 0.6 is 0 Å². The minimum absolute atomic E-state index is 0.133. The second-order valence-electron chi connectivity index (χ2n) is 10.1. The molecule has 3 aromatic carbocycles. The number of hydrogen-bond acceptors (Lipinski definition) is 4. The Balaban J connectivity index is 1.80. The van der Waals surface area contributed by atoms with E-state index in [9.17, 15) is 4.79 Å². The first-order chi connectivity index (χ1) is 19.1. The van der Waals surface area contributed by atoms with Gasteiger partial charge in [0, 0.05) is 30.3 Å². The first kappa shape index (κ1) is 28.3. The molecule has 1 aromatic heterocycles. The molecule has 0 bridgehead atoms. The Morgan fingerprint density at radius 3 is 2.08 bits per heavy atom. The van der Waals surface area contributed by atoms with E-state index >= 15 is 0 Å². The third-order valence-electron chi connectivity index (χ3n) is 7.32. The number of aromatic nitrogens is 2. The van der Waals surface area contributed by atoms with Crippen LogP contribution in [0.4, 0.5) is 0 Å². The average Bonchev–Trinajstić information content (AvgIpc) is 3.38. The van der Waals surface area contributed by atoms with Gasteiger partial charge in [-0.15, -0.1) is 0 Å². The number of imidazole rings is 1. The Hall–Kier alpha value is -3.70. The molecule has 4 aromatic rings. The molecule has 0 saturated heterocycles. The molecule has 5 nitrogen and oxygen atoms in total. The predicted octanol–water partition coefficient (Wildman–Crippen LogP) is 8.17. The van der Waals surface area contributed by atoms with Crippen LogP contribution in [-0.4, -0.2) is 34.1 Å². The fourth-order valence-electron chi connectivity index (χ4n) is 5.09. The first-order valence-corrected chi connectivity index (χ1v) is 14.2. The summed E-state index contributed by atoms with van der Waals surface area (Å²) in [4.78, 5) is 19.8. The summed E-state index contributed by atoms with van der Waals surface area (Å²) in [6, 6.07) is 29.1. The topological polar surface area (TPSA) is 47.4 Å². The molecule has 5 heteroatoms. The molecular formula is C34H41N3O2. The summed E-state index contributed by atoms with van der Waals surface area (Å²) in [5.74, 6) is 0.723. The lowest BCUT2D eigenvalue weighted by Crippen LogP contribution is -2.30. The van der Waals surface area contributed by atoms with Gasteiger partial charge in [-0.25, -0.2) is 9.78 Å². The van der Waals surface area contributed by atoms with Crippen molar-refractivity contribution in [2.24, 2.45) is 0 Å². The van der Waals surface area contributed by atoms with E-state index in [0.717, 1.165) is 68.0 Å². The van der Waals surface area contributed by atoms with Gasteiger partial charge >= 0.3 is 5.97 Å². The smallest absolute Gasteiger partial charge is 0.337 e. The SMILES string of the molecule is CCCCN(Cc1ccc(C(=O)OC)cc1)[C@H](C)c1c(-c2ccccc2)nc(-c2ccccc2)n1CCCC. The molecule has 0 aliphatic heterocycles. The summed E-state index contributed by atoms with van der Waals surface area (Å²) >= 11 is 0. The molecule has 0 fully saturated rings. The average molecular weight is 524 g/mol. The van der Waals surface area contributed by atoms with Gasteiger partial charge in [0.2, 0.25) is 0 Å². The van der Waals surface area contributed by atoms with Crippen LogP contribution in [0, 0.1) is 0 Å². The normalized spacial score (nSPS) is 12.0. The highest BCUT2D eigenvalue weighted by atomic mass is 16.5. The molecule has 0 radical (unpaired) electrons. The van der Waals surface area contributed by atoms with Crippen molar-refractivity contribution in [1.29, 1.82) is 0 Å². The van der Waals surface area contributed by atoms with Crippen LogP contribution in [-0.2, 0) is 17.8 Å². The quantitative estimate of drug-likeness (QED) is 0.166. The summed E-state index contributed by atoms with van der Waals surface area (Å²) in [5, 5.41) is 0. The van der Waals surface area contributed by atoms with Crippen LogP contribution in [0.15, 0.2) is 84.9 Å². The molecule has 1 heterocycles. The first-order valence-electron chi connectivity index (χ1n) is 14.2. The summed E-state index contributed by atoms with van der Waals surface area (Å²) < 4.78 is 7.35. The summed E-state index contributed by atoms with van der Waals surface area (Å²) in [6.45, 7) is 9.49. The van der Waals surface area contributed by atoms with Crippen LogP contribution in [0.25, 0.3) is 22.6 Å². The highest BCUT2D eigenvalue weighted by molar-refractivity contribution is 5.89. The molecule has 39 heavy (non-hydrogen) atoms. The molecule has 204 valence electrons. The third kappa shape index (κ3) is 6.85. The molecule has 4 rings (SSSR count). The number of unbranched alkanes of at least 4 members (excludes halogenated alkanes) is 2. The fraction of sp³-hybridized carbons (Fsp3) is 0.353. The van der Waals surface area contributed by atoms with E-state index in [4.69, 9.17) is 9.72 Å². The van der Waals surface area contributed by atoms with E-state index in [1.807, 2.05) is 24.3 Å². The second kappa shape index (κ2) is 13.9. The standard InChI is InChI=1S/C34H41N3O2/c1-5-7-23-36(25-27-19-21-30(22-20-27)34(38)39-4)26(3)32-31(28-15-11-9-12-16-28)35-33(37(32)24-8-6-2)29-17-13-10-14-18-29/h9-22,26H,5-8,23-25H2,1-4H3/t26-/m1/s1. The number of ether oxygens (including phenoxy) is 1. The molecule has 0 N–H and O–H groups in total. The molecular weight excluding hydrogens is 482 g/mol. The number of nitrogens with zero attached hydrogens (tertiary/aromatic N) is 3.